The monoisotopic (exact) mass is 320 g/mol. The Morgan fingerprint density at radius 1 is 1.18 bits per heavy atom. The van der Waals surface area contributed by atoms with Gasteiger partial charge >= 0.3 is 5.97 Å². The second-order valence-electron chi connectivity index (χ2n) is 4.75. The summed E-state index contributed by atoms with van der Waals surface area (Å²) in [6.07, 6.45) is -2.05. The van der Waals surface area contributed by atoms with Crippen LogP contribution >= 0.6 is 11.6 Å². The van der Waals surface area contributed by atoms with Gasteiger partial charge in [-0.05, 0) is 30.3 Å². The predicted molar refractivity (Wildman–Crippen MR) is 79.9 cm³/mol. The molecular weight excluding hydrogens is 308 g/mol. The van der Waals surface area contributed by atoms with E-state index in [1.807, 2.05) is 0 Å². The van der Waals surface area contributed by atoms with Crippen molar-refractivity contribution in [2.24, 2.45) is 0 Å². The molecule has 114 valence electrons. The zero-order valence-corrected chi connectivity index (χ0v) is 12.4. The van der Waals surface area contributed by atoms with Crippen molar-refractivity contribution in [2.45, 2.75) is 12.2 Å². The lowest BCUT2D eigenvalue weighted by Crippen LogP contribution is -2.39. The van der Waals surface area contributed by atoms with Crippen molar-refractivity contribution in [1.82, 2.24) is 0 Å². The van der Waals surface area contributed by atoms with E-state index < -0.39 is 18.2 Å². The number of rotatable bonds is 3. The lowest BCUT2D eigenvalue weighted by atomic mass is 10.0. The fraction of sp³-hybridized carbons (Fsp3) is 0.188. The molecule has 6 heteroatoms. The maximum Gasteiger partial charge on any atom is 0.349 e. The van der Waals surface area contributed by atoms with Crippen LogP contribution in [0.5, 0.6) is 17.2 Å². The van der Waals surface area contributed by atoms with E-state index in [1.54, 1.807) is 42.5 Å². The van der Waals surface area contributed by atoms with Crippen LogP contribution in [0.25, 0.3) is 0 Å². The number of carbonyl (C=O) groups is 1. The van der Waals surface area contributed by atoms with E-state index in [4.69, 9.17) is 25.8 Å². The standard InChI is InChI=1S/C16H13ClO5/c1-20-11-7-6-9(17)8-10(11)14-15(16(18)19)22-13-5-3-2-4-12(13)21-14/h2-8,14-15H,1H3,(H,18,19). The zero-order chi connectivity index (χ0) is 15.7. The molecule has 0 aliphatic carbocycles. The zero-order valence-electron chi connectivity index (χ0n) is 11.7. The van der Waals surface area contributed by atoms with E-state index in [0.29, 0.717) is 27.8 Å². The van der Waals surface area contributed by atoms with Gasteiger partial charge in [-0.25, -0.2) is 4.79 Å². The van der Waals surface area contributed by atoms with Crippen molar-refractivity contribution in [3.63, 3.8) is 0 Å². The number of benzene rings is 2. The van der Waals surface area contributed by atoms with Crippen molar-refractivity contribution >= 4 is 17.6 Å². The normalized spacial score (nSPS) is 19.5. The second kappa shape index (κ2) is 5.77. The van der Waals surface area contributed by atoms with Crippen LogP contribution in [0.1, 0.15) is 11.7 Å². The number of aliphatic carboxylic acids is 1. The molecule has 0 saturated carbocycles. The minimum absolute atomic E-state index is 0.396. The van der Waals surface area contributed by atoms with Gasteiger partial charge in [0.2, 0.25) is 6.10 Å². The van der Waals surface area contributed by atoms with E-state index in [9.17, 15) is 9.90 Å². The van der Waals surface area contributed by atoms with Gasteiger partial charge in [-0.3, -0.25) is 0 Å². The Bertz CT molecular complexity index is 715. The molecule has 1 aliphatic heterocycles. The largest absolute Gasteiger partial charge is 0.496 e. The first-order valence-corrected chi connectivity index (χ1v) is 6.96. The fourth-order valence-electron chi connectivity index (χ4n) is 2.38. The number of hydrogen-bond acceptors (Lipinski definition) is 4. The van der Waals surface area contributed by atoms with Crippen LogP contribution in [0, 0.1) is 0 Å². The first-order valence-electron chi connectivity index (χ1n) is 6.58. The van der Waals surface area contributed by atoms with Crippen molar-refractivity contribution in [1.29, 1.82) is 0 Å². The van der Waals surface area contributed by atoms with Gasteiger partial charge in [0, 0.05) is 10.6 Å². The van der Waals surface area contributed by atoms with Gasteiger partial charge in [-0.1, -0.05) is 23.7 Å². The highest BCUT2D eigenvalue weighted by atomic mass is 35.5. The first-order chi connectivity index (χ1) is 10.6. The molecule has 5 nitrogen and oxygen atoms in total. The molecule has 1 N–H and O–H groups in total. The van der Waals surface area contributed by atoms with Crippen LogP contribution in [0.15, 0.2) is 42.5 Å². The summed E-state index contributed by atoms with van der Waals surface area (Å²) < 4.78 is 16.7. The summed E-state index contributed by atoms with van der Waals surface area (Å²) >= 11 is 6.02. The summed E-state index contributed by atoms with van der Waals surface area (Å²) in [5, 5.41) is 9.91. The van der Waals surface area contributed by atoms with E-state index >= 15 is 0 Å². The fourth-order valence-corrected chi connectivity index (χ4v) is 2.56. The first kappa shape index (κ1) is 14.5. The van der Waals surface area contributed by atoms with Crippen molar-refractivity contribution < 1.29 is 24.1 Å². The SMILES string of the molecule is COc1ccc(Cl)cc1C1Oc2ccccc2OC1C(=O)O. The summed E-state index contributed by atoms with van der Waals surface area (Å²) in [5.74, 6) is 0.240. The van der Waals surface area contributed by atoms with Crippen molar-refractivity contribution in [3.8, 4) is 17.2 Å². The smallest absolute Gasteiger partial charge is 0.349 e. The molecule has 0 saturated heterocycles. The van der Waals surface area contributed by atoms with E-state index in [-0.39, 0.29) is 0 Å². The van der Waals surface area contributed by atoms with E-state index in [2.05, 4.69) is 0 Å². The molecule has 1 aliphatic rings. The predicted octanol–water partition coefficient (Wildman–Crippen LogP) is 3.31. The number of methoxy groups -OCH3 is 1. The summed E-state index contributed by atoms with van der Waals surface area (Å²) in [6, 6.07) is 11.9. The Balaban J connectivity index is 2.08. The number of hydrogen-bond donors (Lipinski definition) is 1. The Morgan fingerprint density at radius 2 is 1.86 bits per heavy atom. The maximum absolute atomic E-state index is 11.6. The summed E-state index contributed by atoms with van der Waals surface area (Å²) in [6.45, 7) is 0. The summed E-state index contributed by atoms with van der Waals surface area (Å²) in [5.41, 5.74) is 0.525. The topological polar surface area (TPSA) is 65.0 Å². The van der Waals surface area contributed by atoms with Gasteiger partial charge in [0.25, 0.3) is 0 Å². The average molecular weight is 321 g/mol. The van der Waals surface area contributed by atoms with Crippen LogP contribution in [0.4, 0.5) is 0 Å². The lowest BCUT2D eigenvalue weighted by molar-refractivity contribution is -0.151. The van der Waals surface area contributed by atoms with Crippen LogP contribution < -0.4 is 14.2 Å². The van der Waals surface area contributed by atoms with Gasteiger partial charge in [-0.2, -0.15) is 0 Å². The van der Waals surface area contributed by atoms with E-state index in [1.165, 1.54) is 7.11 Å². The lowest BCUT2D eigenvalue weighted by Gasteiger charge is -2.32. The Kier molecular flexibility index (Phi) is 3.81. The summed E-state index contributed by atoms with van der Waals surface area (Å²) in [7, 11) is 1.50. The molecule has 2 atom stereocenters. The number of carboxylic acid groups (broad SMARTS) is 1. The molecule has 0 aromatic heterocycles. The van der Waals surface area contributed by atoms with E-state index in [0.717, 1.165) is 0 Å². The minimum atomic E-state index is -1.19. The summed E-state index contributed by atoms with van der Waals surface area (Å²) in [4.78, 5) is 11.6. The minimum Gasteiger partial charge on any atom is -0.496 e. The van der Waals surface area contributed by atoms with Gasteiger partial charge in [0.05, 0.1) is 7.11 Å². The highest BCUT2D eigenvalue weighted by Crippen LogP contribution is 2.42. The maximum atomic E-state index is 11.6. The van der Waals surface area contributed by atoms with Gasteiger partial charge in [0.15, 0.2) is 17.6 Å². The molecule has 22 heavy (non-hydrogen) atoms. The van der Waals surface area contributed by atoms with Gasteiger partial charge < -0.3 is 19.3 Å². The molecular formula is C16H13ClO5. The van der Waals surface area contributed by atoms with Gasteiger partial charge in [0.1, 0.15) is 5.75 Å². The van der Waals surface area contributed by atoms with Crippen molar-refractivity contribution in [2.75, 3.05) is 7.11 Å². The molecule has 0 amide bonds. The number of ether oxygens (including phenoxy) is 3. The van der Waals surface area contributed by atoms with Crippen LogP contribution in [0.3, 0.4) is 0 Å². The van der Waals surface area contributed by atoms with Crippen LogP contribution in [-0.2, 0) is 4.79 Å². The number of para-hydroxylation sites is 2. The average Bonchev–Trinajstić information content (AvgIpc) is 2.53. The molecule has 2 aromatic rings. The van der Waals surface area contributed by atoms with Crippen molar-refractivity contribution in [3.05, 3.63) is 53.1 Å². The molecule has 0 spiro atoms. The highest BCUT2D eigenvalue weighted by Gasteiger charge is 2.39. The third-order valence-electron chi connectivity index (χ3n) is 3.37. The number of fused-ring (bicyclic) bond motifs is 1. The quantitative estimate of drug-likeness (QED) is 0.940. The Morgan fingerprint density at radius 3 is 2.50 bits per heavy atom. The van der Waals surface area contributed by atoms with Crippen LogP contribution in [-0.4, -0.2) is 24.3 Å². The molecule has 0 bridgehead atoms. The Labute approximate surface area is 132 Å². The molecule has 0 radical (unpaired) electrons. The third-order valence-corrected chi connectivity index (χ3v) is 3.61. The number of halogens is 1. The second-order valence-corrected chi connectivity index (χ2v) is 5.18. The molecule has 1 heterocycles. The van der Waals surface area contributed by atoms with Crippen LogP contribution in [0.2, 0.25) is 5.02 Å². The highest BCUT2D eigenvalue weighted by molar-refractivity contribution is 6.30. The molecule has 2 aromatic carbocycles. The van der Waals surface area contributed by atoms with Gasteiger partial charge in [-0.15, -0.1) is 0 Å². The molecule has 2 unspecified atom stereocenters. The Hall–Kier alpha value is -2.40. The third kappa shape index (κ3) is 2.55. The number of carboxylic acids is 1. The molecule has 0 fully saturated rings. The molecule has 3 rings (SSSR count).